The Morgan fingerprint density at radius 2 is 2.07 bits per heavy atom. The van der Waals surface area contributed by atoms with Crippen molar-refractivity contribution in [3.8, 4) is 0 Å². The van der Waals surface area contributed by atoms with Gasteiger partial charge in [0.25, 0.3) is 5.97 Å². The molecule has 1 aromatic carbocycles. The molecule has 2 nitrogen and oxygen atoms in total. The second-order valence-corrected chi connectivity index (χ2v) is 3.73. The summed E-state index contributed by atoms with van der Waals surface area (Å²) >= 11 is 0. The first-order chi connectivity index (χ1) is 6.77. The molecule has 1 rings (SSSR count). The highest BCUT2D eigenvalue weighted by molar-refractivity contribution is 6.05. The van der Waals surface area contributed by atoms with Gasteiger partial charge in [-0.2, -0.15) is 0 Å². The second-order valence-electron chi connectivity index (χ2n) is 3.32. The molecule has 0 aliphatic carbocycles. The van der Waals surface area contributed by atoms with E-state index in [1.54, 1.807) is 0 Å². The van der Waals surface area contributed by atoms with Gasteiger partial charge in [0.15, 0.2) is 0 Å². The van der Waals surface area contributed by atoms with Gasteiger partial charge in [-0.1, -0.05) is 37.3 Å². The van der Waals surface area contributed by atoms with Gasteiger partial charge in [0.2, 0.25) is 10.5 Å². The molecule has 0 heterocycles. The molecule has 0 saturated carbocycles. The average molecular weight is 208 g/mol. The maximum absolute atomic E-state index is 11.4. The molecule has 1 atom stereocenters. The van der Waals surface area contributed by atoms with Crippen LogP contribution in [0.5, 0.6) is 0 Å². The summed E-state index contributed by atoms with van der Waals surface area (Å²) in [5.41, 5.74) is 1.20. The lowest BCUT2D eigenvalue weighted by Crippen LogP contribution is -2.18. The molecule has 3 heteroatoms. The van der Waals surface area contributed by atoms with Crippen molar-refractivity contribution in [2.75, 3.05) is 0 Å². The van der Waals surface area contributed by atoms with Crippen LogP contribution in [0.4, 0.5) is 0 Å². The fraction of sp³-hybridized carbons (Fsp3) is 0.364. The smallest absolute Gasteiger partial charge is 0.295 e. The summed E-state index contributed by atoms with van der Waals surface area (Å²) in [5, 5.41) is 0. The predicted molar refractivity (Wildman–Crippen MR) is 60.0 cm³/mol. The molecule has 0 bridgehead atoms. The largest absolute Gasteiger partial charge is 0.529 e. The van der Waals surface area contributed by atoms with Crippen molar-refractivity contribution >= 4 is 16.5 Å². The van der Waals surface area contributed by atoms with Crippen molar-refractivity contribution in [3.63, 3.8) is 0 Å². The monoisotopic (exact) mass is 208 g/mol. The predicted octanol–water partition coefficient (Wildman–Crippen LogP) is 1.08. The Bertz CT molecular complexity index is 285. The van der Waals surface area contributed by atoms with Gasteiger partial charge in [-0.3, -0.25) is 4.79 Å². The van der Waals surface area contributed by atoms with Gasteiger partial charge in [0.05, 0.1) is 5.92 Å². The van der Waals surface area contributed by atoms with E-state index in [1.165, 1.54) is 5.56 Å². The highest BCUT2D eigenvalue weighted by Gasteiger charge is 2.16. The van der Waals surface area contributed by atoms with Crippen LogP contribution in [-0.2, 0) is 15.6 Å². The van der Waals surface area contributed by atoms with Crippen molar-refractivity contribution in [2.24, 2.45) is 5.92 Å². The van der Waals surface area contributed by atoms with Gasteiger partial charge < -0.3 is 4.43 Å². The molecule has 0 amide bonds. The van der Waals surface area contributed by atoms with Crippen LogP contribution in [-0.4, -0.2) is 16.5 Å². The summed E-state index contributed by atoms with van der Waals surface area (Å²) in [7, 11) is 0.493. The number of carbonyl (C=O) groups excluding carboxylic acids is 1. The van der Waals surface area contributed by atoms with Crippen molar-refractivity contribution in [3.05, 3.63) is 35.9 Å². The van der Waals surface area contributed by atoms with E-state index in [0.717, 1.165) is 12.8 Å². The van der Waals surface area contributed by atoms with E-state index in [2.05, 4.69) is 0 Å². The molecule has 0 N–H and O–H groups in total. The summed E-state index contributed by atoms with van der Waals surface area (Å²) < 4.78 is 4.88. The lowest BCUT2D eigenvalue weighted by molar-refractivity contribution is -0.138. The lowest BCUT2D eigenvalue weighted by atomic mass is 9.97. The Hall–Kier alpha value is -1.09. The van der Waals surface area contributed by atoms with E-state index in [0.29, 0.717) is 10.5 Å². The van der Waals surface area contributed by atoms with Gasteiger partial charge in [0, 0.05) is 0 Å². The molecule has 0 saturated heterocycles. The first-order valence-corrected chi connectivity index (χ1v) is 5.71. The highest BCUT2D eigenvalue weighted by atomic mass is 28.2. The molecule has 76 valence electrons. The zero-order valence-corrected chi connectivity index (χ0v) is 10.7. The van der Waals surface area contributed by atoms with Crippen molar-refractivity contribution < 1.29 is 9.22 Å². The van der Waals surface area contributed by atoms with Gasteiger partial charge in [0.1, 0.15) is 0 Å². The SMILES string of the molecule is CCC(Cc1ccccc1)C(=O)O[SiH3]. The zero-order chi connectivity index (χ0) is 10.4. The van der Waals surface area contributed by atoms with E-state index in [9.17, 15) is 4.79 Å². The quantitative estimate of drug-likeness (QED) is 0.692. The van der Waals surface area contributed by atoms with E-state index >= 15 is 0 Å². The molecule has 1 unspecified atom stereocenters. The van der Waals surface area contributed by atoms with Crippen LogP contribution >= 0.6 is 0 Å². The molecular formula is C11H16O2Si. The first kappa shape index (κ1) is 11.0. The first-order valence-electron chi connectivity index (χ1n) is 4.89. The number of carbonyl (C=O) groups is 1. The highest BCUT2D eigenvalue weighted by Crippen LogP contribution is 2.13. The Morgan fingerprint density at radius 1 is 1.43 bits per heavy atom. The third-order valence-corrected chi connectivity index (χ3v) is 2.75. The summed E-state index contributed by atoms with van der Waals surface area (Å²) in [5.74, 6) is -0.0297. The summed E-state index contributed by atoms with van der Waals surface area (Å²) in [6, 6.07) is 10.1. The van der Waals surface area contributed by atoms with Crippen LogP contribution in [0, 0.1) is 5.92 Å². The normalized spacial score (nSPS) is 12.4. The number of benzene rings is 1. The fourth-order valence-electron chi connectivity index (χ4n) is 1.46. The Labute approximate surface area is 87.8 Å². The van der Waals surface area contributed by atoms with Crippen molar-refractivity contribution in [1.82, 2.24) is 0 Å². The van der Waals surface area contributed by atoms with Crippen LogP contribution in [0.1, 0.15) is 18.9 Å². The van der Waals surface area contributed by atoms with E-state index < -0.39 is 0 Å². The third kappa shape index (κ3) is 2.99. The van der Waals surface area contributed by atoms with E-state index in [4.69, 9.17) is 4.43 Å². The maximum Gasteiger partial charge on any atom is 0.295 e. The maximum atomic E-state index is 11.4. The van der Waals surface area contributed by atoms with Crippen LogP contribution in [0.2, 0.25) is 0 Å². The molecule has 0 aliphatic rings. The van der Waals surface area contributed by atoms with E-state index in [1.807, 2.05) is 37.3 Å². The fourth-order valence-corrected chi connectivity index (χ4v) is 1.79. The summed E-state index contributed by atoms with van der Waals surface area (Å²) in [4.78, 5) is 11.4. The Balaban J connectivity index is 2.62. The second kappa shape index (κ2) is 5.60. The molecule has 0 spiro atoms. The number of hydrogen-bond donors (Lipinski definition) is 0. The lowest BCUT2D eigenvalue weighted by Gasteiger charge is -2.12. The topological polar surface area (TPSA) is 26.3 Å². The number of rotatable bonds is 4. The average Bonchev–Trinajstić information content (AvgIpc) is 2.26. The van der Waals surface area contributed by atoms with Gasteiger partial charge in [-0.05, 0) is 18.4 Å². The van der Waals surface area contributed by atoms with Crippen LogP contribution in [0.15, 0.2) is 30.3 Å². The van der Waals surface area contributed by atoms with Crippen LogP contribution < -0.4 is 0 Å². The molecular weight excluding hydrogens is 192 g/mol. The molecule has 0 aromatic heterocycles. The minimum Gasteiger partial charge on any atom is -0.529 e. The molecule has 0 fully saturated rings. The minimum absolute atomic E-state index is 0.0231. The van der Waals surface area contributed by atoms with Crippen LogP contribution in [0.3, 0.4) is 0 Å². The molecule has 0 radical (unpaired) electrons. The van der Waals surface area contributed by atoms with Crippen molar-refractivity contribution in [1.29, 1.82) is 0 Å². The van der Waals surface area contributed by atoms with Gasteiger partial charge in [-0.15, -0.1) is 0 Å². The van der Waals surface area contributed by atoms with E-state index in [-0.39, 0.29) is 11.9 Å². The zero-order valence-electron chi connectivity index (χ0n) is 8.69. The van der Waals surface area contributed by atoms with Gasteiger partial charge >= 0.3 is 0 Å². The summed E-state index contributed by atoms with van der Waals surface area (Å²) in [6.45, 7) is 2.02. The Morgan fingerprint density at radius 3 is 2.57 bits per heavy atom. The molecule has 1 aromatic rings. The number of hydrogen-bond acceptors (Lipinski definition) is 2. The van der Waals surface area contributed by atoms with Gasteiger partial charge in [-0.25, -0.2) is 0 Å². The summed E-state index contributed by atoms with van der Waals surface area (Å²) in [6.07, 6.45) is 1.63. The Kier molecular flexibility index (Phi) is 4.39. The molecule has 14 heavy (non-hydrogen) atoms. The van der Waals surface area contributed by atoms with Crippen molar-refractivity contribution in [2.45, 2.75) is 19.8 Å². The molecule has 0 aliphatic heterocycles. The minimum atomic E-state index is -0.0528. The van der Waals surface area contributed by atoms with Crippen LogP contribution in [0.25, 0.3) is 0 Å². The standard InChI is InChI=1S/C11H16O2Si/c1-2-10(11(12)13-14)8-9-6-4-3-5-7-9/h3-7,10H,2,8H2,1,14H3. The third-order valence-electron chi connectivity index (χ3n) is 2.35.